The second kappa shape index (κ2) is 6.64. The third kappa shape index (κ3) is 3.19. The summed E-state index contributed by atoms with van der Waals surface area (Å²) in [6.45, 7) is 3.51. The van der Waals surface area contributed by atoms with Crippen molar-refractivity contribution < 1.29 is 14.4 Å². The van der Waals surface area contributed by atoms with Crippen LogP contribution in [-0.4, -0.2) is 61.0 Å². The molecular formula is C12H19N5O4. The Labute approximate surface area is 122 Å². The van der Waals surface area contributed by atoms with Crippen LogP contribution < -0.4 is 10.2 Å². The van der Waals surface area contributed by atoms with Crippen LogP contribution in [0.15, 0.2) is 6.20 Å². The molecule has 21 heavy (non-hydrogen) atoms. The van der Waals surface area contributed by atoms with Crippen molar-refractivity contribution in [2.75, 3.05) is 44.1 Å². The average molecular weight is 297 g/mol. The molecule has 1 N–H and O–H groups in total. The molecule has 0 bridgehead atoms. The normalized spacial score (nSPS) is 21.6. The molecule has 0 saturated carbocycles. The minimum Gasteiger partial charge on any atom is -0.377 e. The quantitative estimate of drug-likeness (QED) is 0.603. The van der Waals surface area contributed by atoms with Crippen LogP contribution in [0.5, 0.6) is 0 Å². The molecule has 9 heteroatoms. The van der Waals surface area contributed by atoms with Gasteiger partial charge in [-0.1, -0.05) is 0 Å². The Balaban J connectivity index is 2.32. The van der Waals surface area contributed by atoms with E-state index in [4.69, 9.17) is 9.47 Å². The lowest BCUT2D eigenvalue weighted by molar-refractivity contribution is -0.384. The SMILES string of the molecule is CCNc1ncc([N+](=O)[O-])c(N2CC(OC)C(OC)C2)n1. The lowest BCUT2D eigenvalue weighted by Gasteiger charge is -2.17. The summed E-state index contributed by atoms with van der Waals surface area (Å²) >= 11 is 0. The van der Waals surface area contributed by atoms with E-state index in [2.05, 4.69) is 15.3 Å². The molecule has 1 aliphatic rings. The fraction of sp³-hybridized carbons (Fsp3) is 0.667. The van der Waals surface area contributed by atoms with Crippen LogP contribution in [0.3, 0.4) is 0 Å². The molecule has 1 aromatic rings. The molecule has 1 saturated heterocycles. The van der Waals surface area contributed by atoms with Gasteiger partial charge in [0.2, 0.25) is 11.8 Å². The third-order valence-corrected chi connectivity index (χ3v) is 3.40. The molecule has 2 atom stereocenters. The van der Waals surface area contributed by atoms with Crippen molar-refractivity contribution in [2.45, 2.75) is 19.1 Å². The van der Waals surface area contributed by atoms with Gasteiger partial charge in [-0.2, -0.15) is 4.98 Å². The smallest absolute Gasteiger partial charge is 0.329 e. The number of methoxy groups -OCH3 is 2. The summed E-state index contributed by atoms with van der Waals surface area (Å²) in [6.07, 6.45) is 0.932. The summed E-state index contributed by atoms with van der Waals surface area (Å²) in [4.78, 5) is 20.7. The van der Waals surface area contributed by atoms with E-state index in [1.54, 1.807) is 19.1 Å². The molecule has 0 spiro atoms. The minimum absolute atomic E-state index is 0.122. The molecule has 9 nitrogen and oxygen atoms in total. The van der Waals surface area contributed by atoms with Crippen LogP contribution >= 0.6 is 0 Å². The fourth-order valence-corrected chi connectivity index (χ4v) is 2.34. The molecule has 0 radical (unpaired) electrons. The van der Waals surface area contributed by atoms with Gasteiger partial charge in [0.25, 0.3) is 0 Å². The predicted molar refractivity (Wildman–Crippen MR) is 76.7 cm³/mol. The summed E-state index contributed by atoms with van der Waals surface area (Å²) < 4.78 is 10.7. The summed E-state index contributed by atoms with van der Waals surface area (Å²) in [6, 6.07) is 0. The molecule has 2 heterocycles. The number of ether oxygens (including phenoxy) is 2. The summed E-state index contributed by atoms with van der Waals surface area (Å²) in [5.74, 6) is 0.653. The second-order valence-electron chi connectivity index (χ2n) is 4.64. The highest BCUT2D eigenvalue weighted by atomic mass is 16.6. The Bertz CT molecular complexity index is 500. The van der Waals surface area contributed by atoms with Crippen molar-refractivity contribution >= 4 is 17.5 Å². The number of nitro groups is 1. The van der Waals surface area contributed by atoms with E-state index in [1.807, 2.05) is 6.92 Å². The van der Waals surface area contributed by atoms with Crippen LogP contribution in [0.1, 0.15) is 6.92 Å². The first-order chi connectivity index (χ1) is 10.1. The van der Waals surface area contributed by atoms with Gasteiger partial charge in [0.1, 0.15) is 18.4 Å². The number of nitrogens with zero attached hydrogens (tertiary/aromatic N) is 4. The number of rotatable bonds is 6. The number of hydrogen-bond donors (Lipinski definition) is 1. The van der Waals surface area contributed by atoms with E-state index in [0.29, 0.717) is 25.6 Å². The Morgan fingerprint density at radius 2 is 2.05 bits per heavy atom. The van der Waals surface area contributed by atoms with Gasteiger partial charge in [0, 0.05) is 33.9 Å². The second-order valence-corrected chi connectivity index (χ2v) is 4.64. The van der Waals surface area contributed by atoms with Crippen molar-refractivity contribution in [1.29, 1.82) is 0 Å². The molecular weight excluding hydrogens is 278 g/mol. The van der Waals surface area contributed by atoms with E-state index in [9.17, 15) is 10.1 Å². The van der Waals surface area contributed by atoms with Gasteiger partial charge in [0.05, 0.1) is 4.92 Å². The molecule has 1 fully saturated rings. The number of aromatic nitrogens is 2. The molecule has 2 unspecified atom stereocenters. The Morgan fingerprint density at radius 1 is 1.43 bits per heavy atom. The molecule has 0 aromatic carbocycles. The van der Waals surface area contributed by atoms with Gasteiger partial charge in [-0.25, -0.2) is 4.98 Å². The van der Waals surface area contributed by atoms with Crippen LogP contribution in [0, 0.1) is 10.1 Å². The van der Waals surface area contributed by atoms with Crippen molar-refractivity contribution in [1.82, 2.24) is 9.97 Å². The van der Waals surface area contributed by atoms with Crippen LogP contribution in [0.2, 0.25) is 0 Å². The van der Waals surface area contributed by atoms with E-state index in [1.165, 1.54) is 6.20 Å². The summed E-state index contributed by atoms with van der Waals surface area (Å²) in [5, 5.41) is 14.1. The molecule has 2 rings (SSSR count). The van der Waals surface area contributed by atoms with Crippen molar-refractivity contribution in [3.8, 4) is 0 Å². The number of nitrogens with one attached hydrogen (secondary N) is 1. The maximum absolute atomic E-state index is 11.2. The lowest BCUT2D eigenvalue weighted by atomic mass is 10.3. The van der Waals surface area contributed by atoms with Gasteiger partial charge >= 0.3 is 5.69 Å². The summed E-state index contributed by atoms with van der Waals surface area (Å²) in [5.41, 5.74) is -0.122. The fourth-order valence-electron chi connectivity index (χ4n) is 2.34. The minimum atomic E-state index is -0.479. The Hall–Kier alpha value is -2.00. The van der Waals surface area contributed by atoms with Gasteiger partial charge in [-0.05, 0) is 6.92 Å². The zero-order valence-corrected chi connectivity index (χ0v) is 12.3. The van der Waals surface area contributed by atoms with Crippen molar-refractivity contribution in [2.24, 2.45) is 0 Å². The first kappa shape index (κ1) is 15.4. The third-order valence-electron chi connectivity index (χ3n) is 3.40. The lowest BCUT2D eigenvalue weighted by Crippen LogP contribution is -2.27. The van der Waals surface area contributed by atoms with E-state index >= 15 is 0 Å². The zero-order valence-electron chi connectivity index (χ0n) is 12.3. The van der Waals surface area contributed by atoms with E-state index in [-0.39, 0.29) is 23.7 Å². The van der Waals surface area contributed by atoms with Crippen LogP contribution in [0.4, 0.5) is 17.5 Å². The summed E-state index contributed by atoms with van der Waals surface area (Å²) in [7, 11) is 3.19. The van der Waals surface area contributed by atoms with E-state index in [0.717, 1.165) is 0 Å². The topological polar surface area (TPSA) is 103 Å². The number of anilines is 2. The molecule has 1 aliphatic heterocycles. The van der Waals surface area contributed by atoms with Gasteiger partial charge in [0.15, 0.2) is 0 Å². The van der Waals surface area contributed by atoms with Crippen molar-refractivity contribution in [3.05, 3.63) is 16.3 Å². The first-order valence-electron chi connectivity index (χ1n) is 6.66. The number of hydrogen-bond acceptors (Lipinski definition) is 8. The Kier molecular flexibility index (Phi) is 4.86. The van der Waals surface area contributed by atoms with Gasteiger partial charge in [-0.15, -0.1) is 0 Å². The monoisotopic (exact) mass is 297 g/mol. The zero-order chi connectivity index (χ0) is 15.4. The Morgan fingerprint density at radius 3 is 2.52 bits per heavy atom. The highest BCUT2D eigenvalue weighted by molar-refractivity contribution is 5.59. The largest absolute Gasteiger partial charge is 0.377 e. The van der Waals surface area contributed by atoms with Gasteiger partial charge in [-0.3, -0.25) is 10.1 Å². The standard InChI is InChI=1S/C12H19N5O4/c1-4-13-12-14-5-8(17(18)19)11(15-12)16-6-9(20-2)10(7-16)21-3/h5,9-10H,4,6-7H2,1-3H3,(H,13,14,15). The molecule has 0 amide bonds. The average Bonchev–Trinajstić information content (AvgIpc) is 2.90. The first-order valence-corrected chi connectivity index (χ1v) is 6.66. The van der Waals surface area contributed by atoms with Crippen LogP contribution in [-0.2, 0) is 9.47 Å². The molecule has 0 aliphatic carbocycles. The predicted octanol–water partition coefficient (Wildman–Crippen LogP) is 0.667. The van der Waals surface area contributed by atoms with Crippen molar-refractivity contribution in [3.63, 3.8) is 0 Å². The molecule has 116 valence electrons. The maximum Gasteiger partial charge on any atom is 0.329 e. The highest BCUT2D eigenvalue weighted by Crippen LogP contribution is 2.30. The maximum atomic E-state index is 11.2. The van der Waals surface area contributed by atoms with Crippen LogP contribution in [0.25, 0.3) is 0 Å². The van der Waals surface area contributed by atoms with E-state index < -0.39 is 4.92 Å². The highest BCUT2D eigenvalue weighted by Gasteiger charge is 2.36. The van der Waals surface area contributed by atoms with Gasteiger partial charge < -0.3 is 19.7 Å². The molecule has 1 aromatic heterocycles.